The highest BCUT2D eigenvalue weighted by Gasteiger charge is 2.30. The third-order valence-corrected chi connectivity index (χ3v) is 9.38. The molecule has 4 rings (SSSR count). The molecule has 1 fully saturated rings. The van der Waals surface area contributed by atoms with Gasteiger partial charge in [-0.15, -0.1) is 0 Å². The number of hydrogen-bond donors (Lipinski definition) is 2. The molecule has 11 heteroatoms. The van der Waals surface area contributed by atoms with E-state index < -0.39 is 16.1 Å². The van der Waals surface area contributed by atoms with Crippen LogP contribution in [0.25, 0.3) is 0 Å². The van der Waals surface area contributed by atoms with E-state index in [1.165, 1.54) is 0 Å². The molecule has 0 unspecified atom stereocenters. The van der Waals surface area contributed by atoms with Crippen LogP contribution < -0.4 is 10.0 Å². The molecule has 3 aromatic carbocycles. The second-order valence-electron chi connectivity index (χ2n) is 10.7. The summed E-state index contributed by atoms with van der Waals surface area (Å²) in [7, 11) is -3.56. The number of aryl methyl sites for hydroxylation is 1. The third kappa shape index (κ3) is 10.1. The van der Waals surface area contributed by atoms with E-state index in [1.54, 1.807) is 48.2 Å². The zero-order valence-corrected chi connectivity index (χ0v) is 26.7. The minimum Gasteiger partial charge on any atom is -0.379 e. The number of carbonyl (C=O) groups excluding carboxylic acids is 2. The van der Waals surface area contributed by atoms with Crippen LogP contribution in [-0.2, 0) is 43.7 Å². The molecule has 2 N–H and O–H groups in total. The largest absolute Gasteiger partial charge is 0.379 e. The monoisotopic (exact) mass is 640 g/mol. The van der Waals surface area contributed by atoms with Crippen LogP contribution in [0.5, 0.6) is 0 Å². The minimum atomic E-state index is -3.56. The Morgan fingerprint density at radius 1 is 0.932 bits per heavy atom. The predicted molar refractivity (Wildman–Crippen MR) is 172 cm³/mol. The highest BCUT2D eigenvalue weighted by Crippen LogP contribution is 2.19. The van der Waals surface area contributed by atoms with E-state index in [2.05, 4.69) is 14.9 Å². The number of nitrogens with one attached hydrogen (secondary N) is 2. The lowest BCUT2D eigenvalue weighted by Gasteiger charge is -2.32. The lowest BCUT2D eigenvalue weighted by atomic mass is 10.0. The quantitative estimate of drug-likeness (QED) is 0.263. The van der Waals surface area contributed by atoms with Gasteiger partial charge in [0.05, 0.1) is 18.1 Å². The van der Waals surface area contributed by atoms with Crippen molar-refractivity contribution in [1.82, 2.24) is 19.8 Å². The van der Waals surface area contributed by atoms with Gasteiger partial charge in [-0.2, -0.15) is 0 Å². The topological polar surface area (TPSA) is 108 Å². The molecule has 0 radical (unpaired) electrons. The third-order valence-electron chi connectivity index (χ3n) is 7.56. The lowest BCUT2D eigenvalue weighted by Crippen LogP contribution is -2.52. The Morgan fingerprint density at radius 2 is 1.59 bits per heavy atom. The summed E-state index contributed by atoms with van der Waals surface area (Å²) in [6.07, 6.45) is 0.911. The van der Waals surface area contributed by atoms with Gasteiger partial charge in [-0.25, -0.2) is 13.1 Å². The van der Waals surface area contributed by atoms with Crippen molar-refractivity contribution in [2.45, 2.75) is 43.7 Å². The first-order valence-electron chi connectivity index (χ1n) is 15.0. The van der Waals surface area contributed by atoms with Gasteiger partial charge in [-0.1, -0.05) is 73.1 Å². The van der Waals surface area contributed by atoms with Crippen LogP contribution in [0, 0.1) is 0 Å². The number of amides is 2. The summed E-state index contributed by atoms with van der Waals surface area (Å²) in [5, 5.41) is 3.68. The van der Waals surface area contributed by atoms with Crippen molar-refractivity contribution in [2.75, 3.05) is 45.9 Å². The van der Waals surface area contributed by atoms with Gasteiger partial charge in [0.1, 0.15) is 6.04 Å². The smallest absolute Gasteiger partial charge is 0.243 e. The molecular weight excluding hydrogens is 600 g/mol. The highest BCUT2D eigenvalue weighted by atomic mass is 35.5. The van der Waals surface area contributed by atoms with Crippen molar-refractivity contribution < 1.29 is 22.7 Å². The fraction of sp³-hybridized carbons (Fsp3) is 0.394. The Kier molecular flexibility index (Phi) is 12.8. The number of halogens is 1. The van der Waals surface area contributed by atoms with Gasteiger partial charge in [0, 0.05) is 57.1 Å². The van der Waals surface area contributed by atoms with Crippen LogP contribution in [0.1, 0.15) is 30.0 Å². The van der Waals surface area contributed by atoms with Crippen molar-refractivity contribution in [1.29, 1.82) is 0 Å². The molecule has 0 saturated carbocycles. The Balaban J connectivity index is 1.53. The first kappa shape index (κ1) is 33.6. The normalized spacial score (nSPS) is 14.6. The van der Waals surface area contributed by atoms with Crippen molar-refractivity contribution in [3.8, 4) is 0 Å². The zero-order valence-electron chi connectivity index (χ0n) is 25.1. The van der Waals surface area contributed by atoms with Gasteiger partial charge >= 0.3 is 0 Å². The fourth-order valence-electron chi connectivity index (χ4n) is 5.12. The number of benzene rings is 3. The molecule has 2 amide bonds. The minimum absolute atomic E-state index is 0.152. The van der Waals surface area contributed by atoms with E-state index in [4.69, 9.17) is 16.3 Å². The Hall–Kier alpha value is -3.28. The Bertz CT molecular complexity index is 1450. The zero-order chi connectivity index (χ0) is 31.4. The maximum Gasteiger partial charge on any atom is 0.243 e. The molecule has 0 bridgehead atoms. The Labute approximate surface area is 265 Å². The molecule has 236 valence electrons. The summed E-state index contributed by atoms with van der Waals surface area (Å²) >= 11 is 6.13. The van der Waals surface area contributed by atoms with Gasteiger partial charge in [0.15, 0.2) is 0 Å². The van der Waals surface area contributed by atoms with Crippen molar-refractivity contribution >= 4 is 33.4 Å². The molecule has 0 aromatic heterocycles. The second-order valence-corrected chi connectivity index (χ2v) is 12.9. The van der Waals surface area contributed by atoms with E-state index in [9.17, 15) is 18.0 Å². The summed E-state index contributed by atoms with van der Waals surface area (Å²) in [6.45, 7) is 6.45. The van der Waals surface area contributed by atoms with Crippen LogP contribution in [0.2, 0.25) is 5.02 Å². The molecule has 1 heterocycles. The number of morpholine rings is 1. The van der Waals surface area contributed by atoms with Gasteiger partial charge in [0.25, 0.3) is 0 Å². The maximum atomic E-state index is 13.9. The van der Waals surface area contributed by atoms with Crippen LogP contribution in [0.15, 0.2) is 83.8 Å². The number of hydrogen-bond acceptors (Lipinski definition) is 6. The van der Waals surface area contributed by atoms with Crippen LogP contribution in [0.4, 0.5) is 0 Å². The van der Waals surface area contributed by atoms with E-state index in [0.29, 0.717) is 50.7 Å². The average molecular weight is 641 g/mol. The molecule has 1 aliphatic rings. The first-order chi connectivity index (χ1) is 21.2. The molecule has 0 spiro atoms. The van der Waals surface area contributed by atoms with Gasteiger partial charge in [-0.05, 0) is 47.4 Å². The summed E-state index contributed by atoms with van der Waals surface area (Å²) in [5.41, 5.74) is 2.64. The lowest BCUT2D eigenvalue weighted by molar-refractivity contribution is -0.141. The molecule has 1 atom stereocenters. The first-order valence-corrected chi connectivity index (χ1v) is 16.9. The fourth-order valence-corrected chi connectivity index (χ4v) is 6.29. The van der Waals surface area contributed by atoms with Crippen molar-refractivity contribution in [3.05, 3.63) is 101 Å². The van der Waals surface area contributed by atoms with Gasteiger partial charge in [-0.3, -0.25) is 14.5 Å². The average Bonchev–Trinajstić information content (AvgIpc) is 3.03. The summed E-state index contributed by atoms with van der Waals surface area (Å²) < 4.78 is 32.6. The predicted octanol–water partition coefficient (Wildman–Crippen LogP) is 3.66. The molecule has 9 nitrogen and oxygen atoms in total. The SMILES string of the molecule is CCNS(=O)(=O)c1ccc(CCC(=O)N(Cc2ccc(Cl)cc2)[C@@H](Cc2ccccc2)C(=O)NCCN2CCOCC2)cc1. The summed E-state index contributed by atoms with van der Waals surface area (Å²) in [5.74, 6) is -0.379. The summed E-state index contributed by atoms with van der Waals surface area (Å²) in [4.78, 5) is 31.8. The molecule has 0 aliphatic carbocycles. The number of ether oxygens (including phenoxy) is 1. The van der Waals surface area contributed by atoms with E-state index in [-0.39, 0.29) is 29.7 Å². The molecule has 1 saturated heterocycles. The number of carbonyl (C=O) groups is 2. The van der Waals surface area contributed by atoms with Crippen LogP contribution in [0.3, 0.4) is 0 Å². The van der Waals surface area contributed by atoms with Crippen LogP contribution >= 0.6 is 11.6 Å². The van der Waals surface area contributed by atoms with Crippen molar-refractivity contribution in [2.24, 2.45) is 0 Å². The van der Waals surface area contributed by atoms with Crippen molar-refractivity contribution in [3.63, 3.8) is 0 Å². The van der Waals surface area contributed by atoms with Gasteiger partial charge < -0.3 is 15.0 Å². The molecule has 1 aliphatic heterocycles. The molecular formula is C33H41ClN4O5S. The summed E-state index contributed by atoms with van der Waals surface area (Å²) in [6, 6.07) is 22.8. The van der Waals surface area contributed by atoms with E-state index in [0.717, 1.165) is 29.8 Å². The molecule has 44 heavy (non-hydrogen) atoms. The Morgan fingerprint density at radius 3 is 2.25 bits per heavy atom. The highest BCUT2D eigenvalue weighted by molar-refractivity contribution is 7.89. The number of sulfonamides is 1. The van der Waals surface area contributed by atoms with E-state index in [1.807, 2.05) is 42.5 Å². The standard InChI is InChI=1S/C33H41ClN4O5S/c1-2-36-44(41,42)30-15-10-26(11-16-30)12-17-32(39)38(25-28-8-13-29(34)14-9-28)31(24-27-6-4-3-5-7-27)33(40)35-18-19-37-20-22-43-23-21-37/h3-11,13-16,31,36H,2,12,17-25H2,1H3,(H,35,40)/t31-/m0/s1. The number of rotatable bonds is 15. The second kappa shape index (κ2) is 16.7. The molecule has 3 aromatic rings. The van der Waals surface area contributed by atoms with E-state index >= 15 is 0 Å². The number of nitrogens with zero attached hydrogens (tertiary/aromatic N) is 2. The van der Waals surface area contributed by atoms with Crippen LogP contribution in [-0.4, -0.2) is 82.0 Å². The van der Waals surface area contributed by atoms with Gasteiger partial charge in [0.2, 0.25) is 21.8 Å². The maximum absolute atomic E-state index is 13.9.